The Bertz CT molecular complexity index is 221. The molecule has 14 heavy (non-hydrogen) atoms. The van der Waals surface area contributed by atoms with Gasteiger partial charge in [0.1, 0.15) is 6.10 Å². The molecule has 2 rings (SSSR count). The fraction of sp³-hybridized carbons (Fsp3) is 1.00. The second kappa shape index (κ2) is 3.64. The van der Waals surface area contributed by atoms with Gasteiger partial charge in [-0.25, -0.2) is 0 Å². The quantitative estimate of drug-likeness (QED) is 0.684. The van der Waals surface area contributed by atoms with Crippen molar-refractivity contribution in [2.75, 3.05) is 12.4 Å². The van der Waals surface area contributed by atoms with E-state index in [4.69, 9.17) is 14.6 Å². The van der Waals surface area contributed by atoms with Crippen LogP contribution < -0.4 is 0 Å². The minimum Gasteiger partial charge on any atom is -0.394 e. The van der Waals surface area contributed by atoms with Crippen LogP contribution in [-0.2, 0) is 9.47 Å². The molecule has 2 saturated heterocycles. The maximum atomic E-state index is 9.57. The van der Waals surface area contributed by atoms with Crippen LogP contribution in [0, 0.1) is 0 Å². The van der Waals surface area contributed by atoms with Gasteiger partial charge in [-0.05, 0) is 13.8 Å². The molecule has 2 heterocycles. The molecule has 4 atom stereocenters. The molecule has 0 amide bonds. The lowest BCUT2D eigenvalue weighted by Crippen LogP contribution is -2.38. The number of aliphatic hydroxyl groups excluding tert-OH is 2. The number of thioether (sulfide) groups is 1. The Morgan fingerprint density at radius 3 is 2.86 bits per heavy atom. The number of aliphatic hydroxyl groups is 2. The number of hydrogen-bond donors (Lipinski definition) is 2. The minimum absolute atomic E-state index is 0.0567. The highest BCUT2D eigenvalue weighted by Crippen LogP contribution is 2.42. The van der Waals surface area contributed by atoms with Gasteiger partial charge in [0.15, 0.2) is 5.79 Å². The van der Waals surface area contributed by atoms with Gasteiger partial charge < -0.3 is 19.7 Å². The van der Waals surface area contributed by atoms with Crippen molar-refractivity contribution in [3.05, 3.63) is 0 Å². The fourth-order valence-corrected chi connectivity index (χ4v) is 3.40. The molecule has 5 heteroatoms. The lowest BCUT2D eigenvalue weighted by atomic mass is 10.1. The summed E-state index contributed by atoms with van der Waals surface area (Å²) in [5.74, 6) is 0.277. The second-order valence-electron chi connectivity index (χ2n) is 4.19. The van der Waals surface area contributed by atoms with Crippen LogP contribution in [0.15, 0.2) is 0 Å². The van der Waals surface area contributed by atoms with Crippen molar-refractivity contribution in [2.24, 2.45) is 0 Å². The summed E-state index contributed by atoms with van der Waals surface area (Å²) in [6, 6.07) is 0. The molecular weight excluding hydrogens is 204 g/mol. The van der Waals surface area contributed by atoms with Gasteiger partial charge in [0, 0.05) is 5.75 Å². The van der Waals surface area contributed by atoms with E-state index < -0.39 is 11.9 Å². The van der Waals surface area contributed by atoms with Crippen molar-refractivity contribution < 1.29 is 19.7 Å². The van der Waals surface area contributed by atoms with Gasteiger partial charge in [-0.1, -0.05) is 0 Å². The SMILES string of the molecule is CC1(C)O[C@H]2[C@H]([C@H](O)CO)SC[C@H]2O1. The van der Waals surface area contributed by atoms with E-state index >= 15 is 0 Å². The molecule has 82 valence electrons. The monoisotopic (exact) mass is 220 g/mol. The van der Waals surface area contributed by atoms with E-state index in [2.05, 4.69) is 0 Å². The van der Waals surface area contributed by atoms with Crippen LogP contribution in [-0.4, -0.2) is 51.9 Å². The van der Waals surface area contributed by atoms with Gasteiger partial charge >= 0.3 is 0 Å². The van der Waals surface area contributed by atoms with E-state index in [1.54, 1.807) is 11.8 Å². The predicted molar refractivity (Wildman–Crippen MR) is 53.2 cm³/mol. The van der Waals surface area contributed by atoms with Gasteiger partial charge in [-0.2, -0.15) is 11.8 Å². The van der Waals surface area contributed by atoms with E-state index in [0.29, 0.717) is 0 Å². The van der Waals surface area contributed by atoms with E-state index in [1.807, 2.05) is 13.8 Å². The molecule has 0 saturated carbocycles. The highest BCUT2D eigenvalue weighted by atomic mass is 32.2. The Morgan fingerprint density at radius 2 is 2.21 bits per heavy atom. The molecule has 0 spiro atoms. The summed E-state index contributed by atoms with van der Waals surface area (Å²) in [7, 11) is 0. The Hall–Kier alpha value is 0.190. The summed E-state index contributed by atoms with van der Waals surface area (Å²) in [5, 5.41) is 18.4. The first-order valence-corrected chi connectivity index (χ1v) is 5.84. The molecule has 0 aromatic carbocycles. The fourth-order valence-electron chi connectivity index (χ4n) is 2.01. The molecule has 0 aromatic heterocycles. The van der Waals surface area contributed by atoms with Gasteiger partial charge in [0.25, 0.3) is 0 Å². The highest BCUT2D eigenvalue weighted by molar-refractivity contribution is 8.00. The summed E-state index contributed by atoms with van der Waals surface area (Å²) < 4.78 is 11.4. The topological polar surface area (TPSA) is 58.9 Å². The van der Waals surface area contributed by atoms with Crippen molar-refractivity contribution in [3.8, 4) is 0 Å². The van der Waals surface area contributed by atoms with E-state index in [-0.39, 0.29) is 24.1 Å². The first kappa shape index (κ1) is 10.7. The summed E-state index contributed by atoms with van der Waals surface area (Å²) in [6.45, 7) is 3.53. The summed E-state index contributed by atoms with van der Waals surface area (Å²) in [5.41, 5.74) is 0. The molecule has 4 nitrogen and oxygen atoms in total. The Balaban J connectivity index is 2.04. The summed E-state index contributed by atoms with van der Waals surface area (Å²) >= 11 is 1.61. The van der Waals surface area contributed by atoms with Crippen molar-refractivity contribution >= 4 is 11.8 Å². The number of fused-ring (bicyclic) bond motifs is 1. The molecule has 0 bridgehead atoms. The lowest BCUT2D eigenvalue weighted by molar-refractivity contribution is -0.147. The molecule has 2 aliphatic heterocycles. The molecule has 0 radical (unpaired) electrons. The van der Waals surface area contributed by atoms with Crippen LogP contribution in [0.3, 0.4) is 0 Å². The van der Waals surface area contributed by atoms with Crippen molar-refractivity contribution in [1.29, 1.82) is 0 Å². The van der Waals surface area contributed by atoms with Crippen LogP contribution in [0.25, 0.3) is 0 Å². The van der Waals surface area contributed by atoms with Gasteiger partial charge in [0.05, 0.1) is 24.1 Å². The Labute approximate surface area is 87.6 Å². The van der Waals surface area contributed by atoms with Crippen LogP contribution in [0.5, 0.6) is 0 Å². The normalized spacial score (nSPS) is 42.4. The predicted octanol–water partition coefficient (Wildman–Crippen LogP) is -0.0249. The van der Waals surface area contributed by atoms with Gasteiger partial charge in [-0.3, -0.25) is 0 Å². The largest absolute Gasteiger partial charge is 0.394 e. The number of ether oxygens (including phenoxy) is 2. The average molecular weight is 220 g/mol. The van der Waals surface area contributed by atoms with Gasteiger partial charge in [0.2, 0.25) is 0 Å². The maximum absolute atomic E-state index is 9.57. The molecule has 0 aromatic rings. The molecule has 2 N–H and O–H groups in total. The highest BCUT2D eigenvalue weighted by Gasteiger charge is 2.51. The third kappa shape index (κ3) is 1.79. The third-order valence-corrected chi connectivity index (χ3v) is 4.05. The Morgan fingerprint density at radius 1 is 1.50 bits per heavy atom. The minimum atomic E-state index is -0.715. The van der Waals surface area contributed by atoms with Crippen LogP contribution in [0.2, 0.25) is 0 Å². The van der Waals surface area contributed by atoms with Crippen molar-refractivity contribution in [1.82, 2.24) is 0 Å². The Kier molecular flexibility index (Phi) is 2.79. The summed E-state index contributed by atoms with van der Waals surface area (Å²) in [4.78, 5) is 0. The smallest absolute Gasteiger partial charge is 0.163 e. The van der Waals surface area contributed by atoms with Crippen LogP contribution in [0.1, 0.15) is 13.8 Å². The zero-order valence-corrected chi connectivity index (χ0v) is 9.16. The first-order valence-electron chi connectivity index (χ1n) is 4.79. The maximum Gasteiger partial charge on any atom is 0.163 e. The third-order valence-electron chi connectivity index (χ3n) is 2.56. The second-order valence-corrected chi connectivity index (χ2v) is 5.40. The average Bonchev–Trinajstić information content (AvgIpc) is 2.58. The van der Waals surface area contributed by atoms with Crippen LogP contribution in [0.4, 0.5) is 0 Å². The van der Waals surface area contributed by atoms with E-state index in [9.17, 15) is 5.11 Å². The molecule has 0 unspecified atom stereocenters. The number of rotatable bonds is 2. The molecular formula is C9H16O4S. The van der Waals surface area contributed by atoms with E-state index in [0.717, 1.165) is 5.75 Å². The zero-order valence-electron chi connectivity index (χ0n) is 8.34. The number of hydrogen-bond acceptors (Lipinski definition) is 5. The lowest BCUT2D eigenvalue weighted by Gasteiger charge is -2.23. The van der Waals surface area contributed by atoms with Gasteiger partial charge in [-0.15, -0.1) is 0 Å². The van der Waals surface area contributed by atoms with Crippen molar-refractivity contribution in [3.63, 3.8) is 0 Å². The standard InChI is InChI=1S/C9H16O4S/c1-9(2)12-6-4-14-8(5(11)3-10)7(6)13-9/h5-8,10-11H,3-4H2,1-2H3/t5-,6-,7-,8+/m1/s1. The van der Waals surface area contributed by atoms with E-state index in [1.165, 1.54) is 0 Å². The van der Waals surface area contributed by atoms with Crippen molar-refractivity contribution in [2.45, 2.75) is 43.2 Å². The molecule has 2 fully saturated rings. The molecule has 0 aliphatic carbocycles. The summed E-state index contributed by atoms with van der Waals surface area (Å²) in [6.07, 6.45) is -0.745. The van der Waals surface area contributed by atoms with Crippen LogP contribution >= 0.6 is 11.8 Å². The molecule has 2 aliphatic rings. The zero-order chi connectivity index (χ0) is 10.3. The first-order chi connectivity index (χ1) is 6.53.